The summed E-state index contributed by atoms with van der Waals surface area (Å²) in [7, 11) is -2.38. The van der Waals surface area contributed by atoms with E-state index in [1.165, 1.54) is 5.56 Å². The summed E-state index contributed by atoms with van der Waals surface area (Å²) in [5.41, 5.74) is 2.33. The first kappa shape index (κ1) is 18.3. The monoisotopic (exact) mass is 416 g/mol. The van der Waals surface area contributed by atoms with Crippen LogP contribution in [0.25, 0.3) is 0 Å². The Kier molecular flexibility index (Phi) is 5.64. The summed E-state index contributed by atoms with van der Waals surface area (Å²) in [6.45, 7) is 2.67. The minimum Gasteiger partial charge on any atom is -0.517 e. The molecular formula is C17H19Cl3O2Si2. The molecule has 3 rings (SSSR count). The van der Waals surface area contributed by atoms with E-state index >= 15 is 0 Å². The summed E-state index contributed by atoms with van der Waals surface area (Å²) in [6.07, 6.45) is 1.79. The van der Waals surface area contributed by atoms with Gasteiger partial charge < -0.3 is 8.85 Å². The molecule has 0 spiro atoms. The van der Waals surface area contributed by atoms with Crippen LogP contribution in [0, 0.1) is 0 Å². The SMILES string of the molecule is C[Si]1(c2ccccc2)OCc2cc(CCC[Si](Cl)(Cl)Cl)ccc2O1. The fourth-order valence-corrected chi connectivity index (χ4v) is 6.80. The highest BCUT2D eigenvalue weighted by molar-refractivity contribution is 7.64. The third kappa shape index (κ3) is 4.56. The molecule has 0 fully saturated rings. The lowest BCUT2D eigenvalue weighted by molar-refractivity contribution is 0.217. The molecule has 1 atom stereocenters. The summed E-state index contributed by atoms with van der Waals surface area (Å²) in [6, 6.07) is 14.7. The third-order valence-corrected chi connectivity index (χ3v) is 9.46. The zero-order valence-corrected chi connectivity index (χ0v) is 17.7. The predicted molar refractivity (Wildman–Crippen MR) is 106 cm³/mol. The van der Waals surface area contributed by atoms with Crippen LogP contribution in [-0.2, 0) is 17.5 Å². The van der Waals surface area contributed by atoms with Crippen molar-refractivity contribution in [2.45, 2.75) is 32.0 Å². The van der Waals surface area contributed by atoms with Gasteiger partial charge in [0.15, 0.2) is 0 Å². The molecule has 0 amide bonds. The Labute approximate surface area is 159 Å². The molecule has 0 aromatic heterocycles. The average Bonchev–Trinajstić information content (AvgIpc) is 2.55. The van der Waals surface area contributed by atoms with Crippen molar-refractivity contribution in [2.75, 3.05) is 0 Å². The van der Waals surface area contributed by atoms with Crippen LogP contribution in [0.5, 0.6) is 5.75 Å². The predicted octanol–water partition coefficient (Wildman–Crippen LogP) is 5.16. The van der Waals surface area contributed by atoms with E-state index < -0.39 is 14.6 Å². The maximum Gasteiger partial charge on any atom is 0.430 e. The Morgan fingerprint density at radius 3 is 2.54 bits per heavy atom. The lowest BCUT2D eigenvalue weighted by Crippen LogP contribution is -2.55. The lowest BCUT2D eigenvalue weighted by Gasteiger charge is -2.33. The van der Waals surface area contributed by atoms with Crippen molar-refractivity contribution in [1.82, 2.24) is 0 Å². The molecule has 1 heterocycles. The summed E-state index contributed by atoms with van der Waals surface area (Å²) in [5, 5.41) is 1.15. The van der Waals surface area contributed by atoms with Gasteiger partial charge in [0.2, 0.25) is 0 Å². The zero-order chi connectivity index (χ0) is 17.2. The maximum absolute atomic E-state index is 6.28. The molecule has 1 unspecified atom stereocenters. The standard InChI is InChI=1S/C17H19Cl3O2Si2/c1-23(16-7-3-2-4-8-16)21-13-15-12-14(9-10-17(15)22-23)6-5-11-24(18,19)20/h2-4,7-10,12H,5-6,11,13H2,1H3. The first-order chi connectivity index (χ1) is 11.4. The van der Waals surface area contributed by atoms with Crippen LogP contribution in [0.4, 0.5) is 0 Å². The van der Waals surface area contributed by atoms with Gasteiger partial charge in [0.05, 0.1) is 6.61 Å². The molecule has 2 nitrogen and oxygen atoms in total. The van der Waals surface area contributed by atoms with Gasteiger partial charge in [-0.3, -0.25) is 0 Å². The molecule has 0 radical (unpaired) electrons. The van der Waals surface area contributed by atoms with Crippen LogP contribution in [0.1, 0.15) is 17.5 Å². The molecule has 0 saturated carbocycles. The highest BCUT2D eigenvalue weighted by Gasteiger charge is 2.40. The quantitative estimate of drug-likeness (QED) is 0.494. The van der Waals surface area contributed by atoms with E-state index in [1.54, 1.807) is 0 Å². The molecular weight excluding hydrogens is 399 g/mol. The highest BCUT2D eigenvalue weighted by Crippen LogP contribution is 2.31. The van der Waals surface area contributed by atoms with Gasteiger partial charge in [0.25, 0.3) is 0 Å². The number of aryl methyl sites for hydroxylation is 1. The molecule has 0 aliphatic carbocycles. The molecule has 0 N–H and O–H groups in total. The molecule has 1 aliphatic rings. The van der Waals surface area contributed by atoms with Gasteiger partial charge in [-0.1, -0.05) is 36.4 Å². The molecule has 2 aromatic rings. The van der Waals surface area contributed by atoms with Gasteiger partial charge in [-0.15, -0.1) is 33.2 Å². The second kappa shape index (κ2) is 7.40. The Morgan fingerprint density at radius 1 is 1.08 bits per heavy atom. The molecule has 0 saturated heterocycles. The van der Waals surface area contributed by atoms with E-state index in [-0.39, 0.29) is 0 Å². The topological polar surface area (TPSA) is 18.5 Å². The van der Waals surface area contributed by atoms with Crippen molar-refractivity contribution in [2.24, 2.45) is 0 Å². The molecule has 24 heavy (non-hydrogen) atoms. The zero-order valence-electron chi connectivity index (χ0n) is 13.4. The van der Waals surface area contributed by atoms with Crippen molar-refractivity contribution in [3.05, 3.63) is 59.7 Å². The van der Waals surface area contributed by atoms with E-state index in [0.29, 0.717) is 12.7 Å². The van der Waals surface area contributed by atoms with E-state index in [2.05, 4.69) is 30.8 Å². The minimum absolute atomic E-state index is 0.583. The summed E-state index contributed by atoms with van der Waals surface area (Å²) >= 11 is 17.8. The molecule has 128 valence electrons. The van der Waals surface area contributed by atoms with Crippen molar-refractivity contribution >= 4 is 53.0 Å². The number of hydrogen-bond donors (Lipinski definition) is 0. The van der Waals surface area contributed by atoms with Gasteiger partial charge in [-0.05, 0) is 43.1 Å². The Hall–Kier alpha value is -0.496. The first-order valence-corrected chi connectivity index (χ1v) is 15.5. The maximum atomic E-state index is 6.28. The first-order valence-electron chi connectivity index (χ1n) is 7.93. The Morgan fingerprint density at radius 2 is 1.83 bits per heavy atom. The van der Waals surface area contributed by atoms with E-state index in [1.807, 2.05) is 24.3 Å². The van der Waals surface area contributed by atoms with Gasteiger partial charge in [-0.25, -0.2) is 0 Å². The number of fused-ring (bicyclic) bond motifs is 1. The number of benzene rings is 2. The number of rotatable bonds is 5. The lowest BCUT2D eigenvalue weighted by atomic mass is 10.1. The van der Waals surface area contributed by atoms with Crippen molar-refractivity contribution in [3.63, 3.8) is 0 Å². The summed E-state index contributed by atoms with van der Waals surface area (Å²) in [5.74, 6) is 0.929. The number of halogens is 3. The van der Waals surface area contributed by atoms with E-state index in [0.717, 1.165) is 29.3 Å². The van der Waals surface area contributed by atoms with Gasteiger partial charge in [0.1, 0.15) is 5.75 Å². The summed E-state index contributed by atoms with van der Waals surface area (Å²) < 4.78 is 12.4. The van der Waals surface area contributed by atoms with Crippen LogP contribution in [-0.4, -0.2) is 14.6 Å². The number of hydrogen-bond acceptors (Lipinski definition) is 2. The smallest absolute Gasteiger partial charge is 0.430 e. The normalized spacial score (nSPS) is 20.3. The van der Waals surface area contributed by atoms with Crippen molar-refractivity contribution < 1.29 is 8.85 Å². The Balaban J connectivity index is 1.70. The fourth-order valence-electron chi connectivity index (χ4n) is 2.83. The van der Waals surface area contributed by atoms with Crippen LogP contribution < -0.4 is 9.61 Å². The molecule has 7 heteroatoms. The van der Waals surface area contributed by atoms with Crippen LogP contribution in [0.2, 0.25) is 12.6 Å². The van der Waals surface area contributed by atoms with Gasteiger partial charge in [0, 0.05) is 10.8 Å². The molecule has 0 bridgehead atoms. The van der Waals surface area contributed by atoms with Crippen LogP contribution in [0.3, 0.4) is 0 Å². The van der Waals surface area contributed by atoms with Gasteiger partial charge >= 0.3 is 14.6 Å². The summed E-state index contributed by atoms with van der Waals surface area (Å²) in [4.78, 5) is 0. The third-order valence-electron chi connectivity index (χ3n) is 4.16. The van der Waals surface area contributed by atoms with Crippen LogP contribution >= 0.6 is 33.2 Å². The van der Waals surface area contributed by atoms with E-state index in [4.69, 9.17) is 42.1 Å². The Bertz CT molecular complexity index is 707. The van der Waals surface area contributed by atoms with Gasteiger partial charge in [-0.2, -0.15) is 0 Å². The van der Waals surface area contributed by atoms with Crippen LogP contribution in [0.15, 0.2) is 48.5 Å². The highest BCUT2D eigenvalue weighted by atomic mass is 35.8. The second-order valence-electron chi connectivity index (χ2n) is 6.11. The molecule has 2 aromatic carbocycles. The van der Waals surface area contributed by atoms with E-state index in [9.17, 15) is 0 Å². The largest absolute Gasteiger partial charge is 0.517 e. The average molecular weight is 418 g/mol. The fraction of sp³-hybridized carbons (Fsp3) is 0.294. The molecule has 1 aliphatic heterocycles. The second-order valence-corrected chi connectivity index (χ2v) is 18.4. The van der Waals surface area contributed by atoms with Crippen molar-refractivity contribution in [3.8, 4) is 5.75 Å². The minimum atomic E-state index is -2.52. The van der Waals surface area contributed by atoms with Crippen molar-refractivity contribution in [1.29, 1.82) is 0 Å².